The lowest BCUT2D eigenvalue weighted by molar-refractivity contribution is 1.21. The molecule has 3 heterocycles. The van der Waals surface area contributed by atoms with Crippen molar-refractivity contribution in [2.75, 3.05) is 0 Å². The van der Waals surface area contributed by atoms with Gasteiger partial charge in [0.05, 0.1) is 17.1 Å². The molecule has 24 heavy (non-hydrogen) atoms. The normalized spacial score (nSPS) is 12.0. The second-order valence-electron chi connectivity index (χ2n) is 5.94. The summed E-state index contributed by atoms with van der Waals surface area (Å²) in [6.45, 7) is 0. The molecule has 0 fully saturated rings. The Balaban J connectivity index is 1.80. The molecule has 0 N–H and O–H groups in total. The number of nitrogens with zero attached hydrogens (tertiary/aromatic N) is 2. The standard InChI is InChI=1S/C21H14N2S/c1-2-6-16-14(5-1)11-18-17(15-8-10-24-13-15)12-20(23-21(16)18)19-7-3-4-9-22-19/h1-10,12-13H,11H2. The second-order valence-corrected chi connectivity index (χ2v) is 6.72. The lowest BCUT2D eigenvalue weighted by atomic mass is 9.99. The van der Waals surface area contributed by atoms with Crippen molar-refractivity contribution in [3.63, 3.8) is 0 Å². The number of benzene rings is 1. The van der Waals surface area contributed by atoms with E-state index in [1.165, 1.54) is 27.8 Å². The fraction of sp³-hybridized carbons (Fsp3) is 0.0476. The van der Waals surface area contributed by atoms with Crippen LogP contribution < -0.4 is 0 Å². The first-order valence-electron chi connectivity index (χ1n) is 7.96. The molecule has 0 aliphatic heterocycles. The summed E-state index contributed by atoms with van der Waals surface area (Å²) in [7, 11) is 0. The Bertz CT molecular complexity index is 1020. The van der Waals surface area contributed by atoms with Crippen LogP contribution in [-0.4, -0.2) is 9.97 Å². The van der Waals surface area contributed by atoms with Gasteiger partial charge in [-0.05, 0) is 57.3 Å². The molecular formula is C21H14N2S. The van der Waals surface area contributed by atoms with Crippen LogP contribution >= 0.6 is 11.3 Å². The number of fused-ring (bicyclic) bond motifs is 3. The molecule has 0 saturated heterocycles. The van der Waals surface area contributed by atoms with Gasteiger partial charge in [-0.3, -0.25) is 4.98 Å². The molecule has 114 valence electrons. The van der Waals surface area contributed by atoms with Gasteiger partial charge in [-0.15, -0.1) is 0 Å². The fourth-order valence-electron chi connectivity index (χ4n) is 3.39. The van der Waals surface area contributed by atoms with E-state index in [1.54, 1.807) is 11.3 Å². The maximum absolute atomic E-state index is 4.98. The monoisotopic (exact) mass is 326 g/mol. The van der Waals surface area contributed by atoms with E-state index in [4.69, 9.17) is 4.98 Å². The number of pyridine rings is 2. The third kappa shape index (κ3) is 2.09. The largest absolute Gasteiger partial charge is 0.255 e. The first-order valence-corrected chi connectivity index (χ1v) is 8.90. The second kappa shape index (κ2) is 5.39. The van der Waals surface area contributed by atoms with Gasteiger partial charge in [-0.2, -0.15) is 11.3 Å². The van der Waals surface area contributed by atoms with E-state index in [1.807, 2.05) is 24.4 Å². The van der Waals surface area contributed by atoms with Crippen LogP contribution in [0.25, 0.3) is 33.8 Å². The van der Waals surface area contributed by atoms with Gasteiger partial charge in [-0.1, -0.05) is 30.3 Å². The lowest BCUT2D eigenvalue weighted by Gasteiger charge is -2.10. The van der Waals surface area contributed by atoms with Gasteiger partial charge in [0, 0.05) is 18.2 Å². The topological polar surface area (TPSA) is 25.8 Å². The van der Waals surface area contributed by atoms with E-state index >= 15 is 0 Å². The zero-order chi connectivity index (χ0) is 15.9. The Morgan fingerprint density at radius 2 is 1.79 bits per heavy atom. The molecule has 1 aromatic carbocycles. The zero-order valence-corrected chi connectivity index (χ0v) is 13.8. The van der Waals surface area contributed by atoms with Crippen LogP contribution in [0.15, 0.2) is 71.6 Å². The van der Waals surface area contributed by atoms with Crippen LogP contribution in [0.4, 0.5) is 0 Å². The van der Waals surface area contributed by atoms with Gasteiger partial charge >= 0.3 is 0 Å². The molecule has 0 atom stereocenters. The molecule has 5 rings (SSSR count). The highest BCUT2D eigenvalue weighted by Crippen LogP contribution is 2.42. The van der Waals surface area contributed by atoms with Crippen molar-refractivity contribution in [2.24, 2.45) is 0 Å². The molecule has 4 aromatic rings. The average Bonchev–Trinajstić information content (AvgIpc) is 3.29. The Hall–Kier alpha value is -2.78. The molecule has 0 bridgehead atoms. The van der Waals surface area contributed by atoms with Gasteiger partial charge in [0.25, 0.3) is 0 Å². The van der Waals surface area contributed by atoms with E-state index in [2.05, 4.69) is 52.1 Å². The minimum absolute atomic E-state index is 0.918. The Morgan fingerprint density at radius 1 is 0.875 bits per heavy atom. The number of hydrogen-bond donors (Lipinski definition) is 0. The molecule has 0 spiro atoms. The number of rotatable bonds is 2. The van der Waals surface area contributed by atoms with Crippen molar-refractivity contribution in [3.8, 4) is 33.8 Å². The van der Waals surface area contributed by atoms with Crippen LogP contribution in [-0.2, 0) is 6.42 Å². The van der Waals surface area contributed by atoms with Gasteiger partial charge in [-0.25, -0.2) is 4.98 Å². The highest BCUT2D eigenvalue weighted by atomic mass is 32.1. The molecule has 1 aliphatic rings. The number of thiophene rings is 1. The molecule has 0 radical (unpaired) electrons. The quantitative estimate of drug-likeness (QED) is 0.431. The van der Waals surface area contributed by atoms with Crippen molar-refractivity contribution in [3.05, 3.63) is 82.7 Å². The molecule has 0 saturated carbocycles. The maximum atomic E-state index is 4.98. The molecular weight excluding hydrogens is 312 g/mol. The summed E-state index contributed by atoms with van der Waals surface area (Å²) in [6, 6.07) is 18.9. The maximum Gasteiger partial charge on any atom is 0.0900 e. The van der Waals surface area contributed by atoms with E-state index in [0.29, 0.717) is 0 Å². The van der Waals surface area contributed by atoms with Crippen molar-refractivity contribution in [2.45, 2.75) is 6.42 Å². The number of hydrogen-bond acceptors (Lipinski definition) is 3. The smallest absolute Gasteiger partial charge is 0.0900 e. The molecule has 3 heteroatoms. The summed E-state index contributed by atoms with van der Waals surface area (Å²) in [5, 5.41) is 4.34. The summed E-state index contributed by atoms with van der Waals surface area (Å²) < 4.78 is 0. The predicted molar refractivity (Wildman–Crippen MR) is 99.0 cm³/mol. The third-order valence-corrected chi connectivity index (χ3v) is 5.21. The summed E-state index contributed by atoms with van der Waals surface area (Å²) in [5.41, 5.74) is 9.44. The van der Waals surface area contributed by atoms with Crippen molar-refractivity contribution in [1.82, 2.24) is 9.97 Å². The van der Waals surface area contributed by atoms with Crippen LogP contribution in [0.1, 0.15) is 11.1 Å². The summed E-state index contributed by atoms with van der Waals surface area (Å²) in [4.78, 5) is 9.47. The first-order chi connectivity index (χ1) is 11.9. The molecule has 3 aromatic heterocycles. The van der Waals surface area contributed by atoms with Gasteiger partial charge < -0.3 is 0 Å². The summed E-state index contributed by atoms with van der Waals surface area (Å²) in [6.07, 6.45) is 2.77. The average molecular weight is 326 g/mol. The fourth-order valence-corrected chi connectivity index (χ4v) is 4.05. The Morgan fingerprint density at radius 3 is 2.62 bits per heavy atom. The van der Waals surface area contributed by atoms with E-state index in [0.717, 1.165) is 23.5 Å². The Kier molecular flexibility index (Phi) is 3.06. The van der Waals surface area contributed by atoms with Crippen molar-refractivity contribution in [1.29, 1.82) is 0 Å². The molecule has 2 nitrogen and oxygen atoms in total. The minimum Gasteiger partial charge on any atom is -0.255 e. The highest BCUT2D eigenvalue weighted by molar-refractivity contribution is 7.08. The van der Waals surface area contributed by atoms with Gasteiger partial charge in [0.2, 0.25) is 0 Å². The van der Waals surface area contributed by atoms with Crippen molar-refractivity contribution >= 4 is 11.3 Å². The first kappa shape index (κ1) is 13.6. The molecule has 0 unspecified atom stereocenters. The minimum atomic E-state index is 0.918. The van der Waals surface area contributed by atoms with Crippen molar-refractivity contribution < 1.29 is 0 Å². The lowest BCUT2D eigenvalue weighted by Crippen LogP contribution is -1.94. The predicted octanol–water partition coefficient (Wildman–Crippen LogP) is 5.44. The van der Waals surface area contributed by atoms with E-state index < -0.39 is 0 Å². The molecule has 0 amide bonds. The molecule has 1 aliphatic carbocycles. The van der Waals surface area contributed by atoms with Crippen LogP contribution in [0, 0.1) is 0 Å². The third-order valence-electron chi connectivity index (χ3n) is 4.52. The highest BCUT2D eigenvalue weighted by Gasteiger charge is 2.24. The van der Waals surface area contributed by atoms with Crippen LogP contribution in [0.5, 0.6) is 0 Å². The summed E-state index contributed by atoms with van der Waals surface area (Å²) in [5.74, 6) is 0. The summed E-state index contributed by atoms with van der Waals surface area (Å²) >= 11 is 1.73. The SMILES string of the molecule is c1ccc(-c2cc(-c3ccsc3)c3c(n2)-c2ccccc2C3)nc1. The van der Waals surface area contributed by atoms with Gasteiger partial charge in [0.15, 0.2) is 0 Å². The van der Waals surface area contributed by atoms with E-state index in [9.17, 15) is 0 Å². The van der Waals surface area contributed by atoms with Crippen LogP contribution in [0.3, 0.4) is 0 Å². The zero-order valence-electron chi connectivity index (χ0n) is 12.9. The van der Waals surface area contributed by atoms with E-state index in [-0.39, 0.29) is 0 Å². The Labute approximate surface area is 144 Å². The van der Waals surface area contributed by atoms with Gasteiger partial charge in [0.1, 0.15) is 0 Å². The van der Waals surface area contributed by atoms with Crippen LogP contribution in [0.2, 0.25) is 0 Å². The number of aromatic nitrogens is 2.